The minimum atomic E-state index is -0.287. The molecule has 0 saturated carbocycles. The van der Waals surface area contributed by atoms with Crippen LogP contribution in [0.25, 0.3) is 0 Å². The predicted molar refractivity (Wildman–Crippen MR) is 83.8 cm³/mol. The van der Waals surface area contributed by atoms with Crippen LogP contribution in [0.2, 0.25) is 0 Å². The second kappa shape index (κ2) is 6.45. The molecule has 2 aliphatic rings. The van der Waals surface area contributed by atoms with E-state index in [0.29, 0.717) is 6.61 Å². The summed E-state index contributed by atoms with van der Waals surface area (Å²) in [5.74, 6) is -0.0194. The lowest BCUT2D eigenvalue weighted by molar-refractivity contribution is -0.124. The van der Waals surface area contributed by atoms with Crippen LogP contribution in [0.15, 0.2) is 24.3 Å². The third-order valence-electron chi connectivity index (χ3n) is 4.23. The molecule has 5 heteroatoms. The van der Waals surface area contributed by atoms with E-state index in [1.807, 2.05) is 18.2 Å². The van der Waals surface area contributed by atoms with Crippen LogP contribution in [0.3, 0.4) is 0 Å². The molecule has 21 heavy (non-hydrogen) atoms. The van der Waals surface area contributed by atoms with Crippen LogP contribution >= 0.6 is 0 Å². The molecule has 1 amide bonds. The number of hydrogen-bond donors (Lipinski definition) is 1. The molecule has 1 aromatic rings. The molecule has 1 N–H and O–H groups in total. The van der Waals surface area contributed by atoms with Crippen LogP contribution in [0.5, 0.6) is 0 Å². The van der Waals surface area contributed by atoms with Crippen molar-refractivity contribution < 1.29 is 9.53 Å². The van der Waals surface area contributed by atoms with Crippen molar-refractivity contribution in [2.24, 2.45) is 0 Å². The smallest absolute Gasteiger partial charge is 0.253 e. The molecule has 0 bridgehead atoms. The number of amides is 1. The van der Waals surface area contributed by atoms with Crippen LogP contribution in [-0.2, 0) is 9.53 Å². The van der Waals surface area contributed by atoms with Crippen molar-refractivity contribution in [3.8, 4) is 0 Å². The summed E-state index contributed by atoms with van der Waals surface area (Å²) in [7, 11) is 2.14. The normalized spacial score (nSPS) is 23.3. The van der Waals surface area contributed by atoms with E-state index in [9.17, 15) is 4.79 Å². The van der Waals surface area contributed by atoms with Crippen molar-refractivity contribution in [2.75, 3.05) is 50.1 Å². The van der Waals surface area contributed by atoms with Gasteiger partial charge in [0, 0.05) is 32.8 Å². The Hall–Kier alpha value is -1.59. The van der Waals surface area contributed by atoms with Gasteiger partial charge in [0.15, 0.2) is 0 Å². The summed E-state index contributed by atoms with van der Waals surface area (Å²) < 4.78 is 5.45. The van der Waals surface area contributed by atoms with Crippen molar-refractivity contribution in [3.05, 3.63) is 24.3 Å². The number of benzene rings is 1. The summed E-state index contributed by atoms with van der Waals surface area (Å²) in [6.45, 7) is 4.77. The monoisotopic (exact) mass is 289 g/mol. The molecular weight excluding hydrogens is 266 g/mol. The van der Waals surface area contributed by atoms with Crippen LogP contribution in [-0.4, -0.2) is 56.7 Å². The maximum Gasteiger partial charge on any atom is 0.253 e. The highest BCUT2D eigenvalue weighted by atomic mass is 16.5. The van der Waals surface area contributed by atoms with Crippen LogP contribution in [0.1, 0.15) is 12.8 Å². The fraction of sp³-hybridized carbons (Fsp3) is 0.562. The molecule has 2 saturated heterocycles. The number of piperazine rings is 1. The molecule has 1 aromatic carbocycles. The predicted octanol–water partition coefficient (Wildman–Crippen LogP) is 1.56. The fourth-order valence-corrected chi connectivity index (χ4v) is 2.90. The topological polar surface area (TPSA) is 44.8 Å². The SMILES string of the molecule is CN1CCN(c2ccccc2NC(=O)[C@H]2CCCO2)CC1. The average Bonchev–Trinajstić information content (AvgIpc) is 3.03. The van der Waals surface area contributed by atoms with Crippen molar-refractivity contribution in [3.63, 3.8) is 0 Å². The number of rotatable bonds is 3. The third-order valence-corrected chi connectivity index (χ3v) is 4.23. The van der Waals surface area contributed by atoms with E-state index in [-0.39, 0.29) is 12.0 Å². The van der Waals surface area contributed by atoms with Crippen molar-refractivity contribution >= 4 is 17.3 Å². The highest BCUT2D eigenvalue weighted by molar-refractivity contribution is 5.97. The van der Waals surface area contributed by atoms with Crippen LogP contribution in [0.4, 0.5) is 11.4 Å². The number of likely N-dealkylation sites (N-methyl/N-ethyl adjacent to an activating group) is 1. The van der Waals surface area contributed by atoms with E-state index in [1.165, 1.54) is 0 Å². The first kappa shape index (κ1) is 14.4. The van der Waals surface area contributed by atoms with E-state index in [2.05, 4.69) is 28.2 Å². The zero-order chi connectivity index (χ0) is 14.7. The van der Waals surface area contributed by atoms with Gasteiger partial charge >= 0.3 is 0 Å². The first-order chi connectivity index (χ1) is 10.2. The number of nitrogens with one attached hydrogen (secondary N) is 1. The standard InChI is InChI=1S/C16H23N3O2/c1-18-8-10-19(11-9-18)14-6-3-2-5-13(14)17-16(20)15-7-4-12-21-15/h2-3,5-6,15H,4,7-12H2,1H3,(H,17,20)/t15-/m1/s1. The third kappa shape index (κ3) is 3.36. The molecular formula is C16H23N3O2. The average molecular weight is 289 g/mol. The molecule has 5 nitrogen and oxygen atoms in total. The van der Waals surface area contributed by atoms with E-state index in [1.54, 1.807) is 0 Å². The van der Waals surface area contributed by atoms with Crippen molar-refractivity contribution in [2.45, 2.75) is 18.9 Å². The Morgan fingerprint density at radius 1 is 1.24 bits per heavy atom. The lowest BCUT2D eigenvalue weighted by Crippen LogP contribution is -2.44. The summed E-state index contributed by atoms with van der Waals surface area (Å²) >= 11 is 0. The number of nitrogens with zero attached hydrogens (tertiary/aromatic N) is 2. The Morgan fingerprint density at radius 2 is 2.00 bits per heavy atom. The quantitative estimate of drug-likeness (QED) is 0.917. The minimum absolute atomic E-state index is 0.0194. The van der Waals surface area contributed by atoms with Gasteiger partial charge in [-0.05, 0) is 32.0 Å². The van der Waals surface area contributed by atoms with E-state index in [4.69, 9.17) is 4.74 Å². The van der Waals surface area contributed by atoms with Gasteiger partial charge in [-0.1, -0.05) is 12.1 Å². The first-order valence-electron chi connectivity index (χ1n) is 7.69. The Labute approximate surface area is 125 Å². The second-order valence-corrected chi connectivity index (χ2v) is 5.80. The minimum Gasteiger partial charge on any atom is -0.368 e. The molecule has 3 rings (SSSR count). The molecule has 0 aromatic heterocycles. The van der Waals surface area contributed by atoms with Crippen molar-refractivity contribution in [1.29, 1.82) is 0 Å². The van der Waals surface area contributed by atoms with E-state index >= 15 is 0 Å². The van der Waals surface area contributed by atoms with Gasteiger partial charge in [0.05, 0.1) is 11.4 Å². The number of anilines is 2. The number of hydrogen-bond acceptors (Lipinski definition) is 4. The zero-order valence-electron chi connectivity index (χ0n) is 12.5. The maximum absolute atomic E-state index is 12.2. The van der Waals surface area contributed by atoms with Gasteiger partial charge in [0.1, 0.15) is 6.10 Å². The largest absolute Gasteiger partial charge is 0.368 e. The van der Waals surface area contributed by atoms with E-state index in [0.717, 1.165) is 50.4 Å². The van der Waals surface area contributed by atoms with Gasteiger partial charge in [-0.25, -0.2) is 0 Å². The Kier molecular flexibility index (Phi) is 4.41. The summed E-state index contributed by atoms with van der Waals surface area (Å²) in [6.07, 6.45) is 1.51. The van der Waals surface area contributed by atoms with Gasteiger partial charge in [-0.3, -0.25) is 4.79 Å². The van der Waals surface area contributed by atoms with Crippen LogP contribution in [0, 0.1) is 0 Å². The zero-order valence-corrected chi connectivity index (χ0v) is 12.5. The number of para-hydroxylation sites is 2. The summed E-state index contributed by atoms with van der Waals surface area (Å²) in [4.78, 5) is 16.9. The number of ether oxygens (including phenoxy) is 1. The molecule has 1 atom stereocenters. The Bertz CT molecular complexity index is 492. The molecule has 114 valence electrons. The lowest BCUT2D eigenvalue weighted by Gasteiger charge is -2.35. The molecule has 0 radical (unpaired) electrons. The van der Waals surface area contributed by atoms with Crippen molar-refractivity contribution in [1.82, 2.24) is 4.90 Å². The van der Waals surface area contributed by atoms with Gasteiger partial charge in [0.2, 0.25) is 0 Å². The Balaban J connectivity index is 1.71. The summed E-state index contributed by atoms with van der Waals surface area (Å²) in [5, 5.41) is 3.04. The molecule has 0 aliphatic carbocycles. The first-order valence-corrected chi connectivity index (χ1v) is 7.69. The molecule has 2 fully saturated rings. The molecule has 2 heterocycles. The van der Waals surface area contributed by atoms with E-state index < -0.39 is 0 Å². The van der Waals surface area contributed by atoms with Crippen LogP contribution < -0.4 is 10.2 Å². The lowest BCUT2D eigenvalue weighted by atomic mass is 10.2. The molecule has 0 spiro atoms. The maximum atomic E-state index is 12.2. The Morgan fingerprint density at radius 3 is 2.71 bits per heavy atom. The number of carbonyl (C=O) groups excluding carboxylic acids is 1. The second-order valence-electron chi connectivity index (χ2n) is 5.80. The summed E-state index contributed by atoms with van der Waals surface area (Å²) in [6, 6.07) is 8.04. The van der Waals surface area contributed by atoms with Gasteiger partial charge < -0.3 is 19.9 Å². The van der Waals surface area contributed by atoms with Gasteiger partial charge in [-0.15, -0.1) is 0 Å². The number of carbonyl (C=O) groups is 1. The fourth-order valence-electron chi connectivity index (χ4n) is 2.90. The highest BCUT2D eigenvalue weighted by Crippen LogP contribution is 2.27. The van der Waals surface area contributed by atoms with Gasteiger partial charge in [0.25, 0.3) is 5.91 Å². The molecule has 2 aliphatic heterocycles. The van der Waals surface area contributed by atoms with Gasteiger partial charge in [-0.2, -0.15) is 0 Å². The highest BCUT2D eigenvalue weighted by Gasteiger charge is 2.25. The molecule has 0 unspecified atom stereocenters. The summed E-state index contributed by atoms with van der Waals surface area (Å²) in [5.41, 5.74) is 2.00.